The van der Waals surface area contributed by atoms with Gasteiger partial charge in [-0.15, -0.1) is 0 Å². The third kappa shape index (κ3) is 3.79. The Hall–Kier alpha value is -1.91. The van der Waals surface area contributed by atoms with E-state index < -0.39 is 11.8 Å². The monoisotopic (exact) mass is 275 g/mol. The number of hydrogen-bond acceptors (Lipinski definition) is 3. The van der Waals surface area contributed by atoms with Crippen molar-refractivity contribution in [2.75, 3.05) is 13.1 Å². The molecule has 1 saturated heterocycles. The van der Waals surface area contributed by atoms with Gasteiger partial charge in [0.25, 0.3) is 0 Å². The molecule has 2 amide bonds. The van der Waals surface area contributed by atoms with Gasteiger partial charge in [0.2, 0.25) is 0 Å². The first-order valence-electron chi connectivity index (χ1n) is 7.03. The normalized spacial score (nSPS) is 22.4. The minimum atomic E-state index is -0.544. The van der Waals surface area contributed by atoms with Gasteiger partial charge in [-0.1, -0.05) is 19.9 Å². The van der Waals surface area contributed by atoms with Crippen LogP contribution >= 0.6 is 0 Å². The fraction of sp³-hybridized carbons (Fsp3) is 0.533. The maximum atomic E-state index is 12.1. The van der Waals surface area contributed by atoms with E-state index in [0.717, 1.165) is 12.1 Å². The third-order valence-electron chi connectivity index (χ3n) is 3.51. The van der Waals surface area contributed by atoms with Crippen LogP contribution < -0.4 is 5.32 Å². The summed E-state index contributed by atoms with van der Waals surface area (Å²) in [6, 6.07) is 5.48. The molecule has 0 radical (unpaired) electrons. The molecule has 1 aliphatic rings. The van der Waals surface area contributed by atoms with Crippen LogP contribution in [0.4, 0.5) is 0 Å². The van der Waals surface area contributed by atoms with E-state index in [0.29, 0.717) is 24.9 Å². The Morgan fingerprint density at radius 3 is 2.60 bits per heavy atom. The van der Waals surface area contributed by atoms with Gasteiger partial charge >= 0.3 is 11.8 Å². The summed E-state index contributed by atoms with van der Waals surface area (Å²) < 4.78 is 0. The zero-order chi connectivity index (χ0) is 14.5. The van der Waals surface area contributed by atoms with E-state index in [9.17, 15) is 9.59 Å². The van der Waals surface area contributed by atoms with E-state index in [4.69, 9.17) is 0 Å². The Morgan fingerprint density at radius 2 is 2.00 bits per heavy atom. The SMILES string of the molecule is CC1CC(C)CN(C(=O)C(=O)NCc2ccccn2)C1. The van der Waals surface area contributed by atoms with Crippen LogP contribution in [0.15, 0.2) is 24.4 Å². The molecule has 0 saturated carbocycles. The van der Waals surface area contributed by atoms with Crippen LogP contribution in [0.2, 0.25) is 0 Å². The lowest BCUT2D eigenvalue weighted by Crippen LogP contribution is -2.48. The first-order chi connectivity index (χ1) is 9.56. The lowest BCUT2D eigenvalue weighted by molar-refractivity contribution is -0.147. The highest BCUT2D eigenvalue weighted by Crippen LogP contribution is 2.20. The minimum absolute atomic E-state index is 0.282. The zero-order valence-corrected chi connectivity index (χ0v) is 12.0. The zero-order valence-electron chi connectivity index (χ0n) is 12.0. The topological polar surface area (TPSA) is 62.3 Å². The van der Waals surface area contributed by atoms with Crippen molar-refractivity contribution < 1.29 is 9.59 Å². The average Bonchev–Trinajstić information content (AvgIpc) is 2.44. The van der Waals surface area contributed by atoms with Crippen LogP contribution in [0.5, 0.6) is 0 Å². The molecule has 2 unspecified atom stereocenters. The molecule has 1 fully saturated rings. The van der Waals surface area contributed by atoms with Crippen LogP contribution in [0.1, 0.15) is 26.0 Å². The third-order valence-corrected chi connectivity index (χ3v) is 3.51. The minimum Gasteiger partial charge on any atom is -0.342 e. The lowest BCUT2D eigenvalue weighted by Gasteiger charge is -2.34. The predicted octanol–water partition coefficient (Wildman–Crippen LogP) is 1.20. The number of rotatable bonds is 2. The Labute approximate surface area is 119 Å². The van der Waals surface area contributed by atoms with Crippen LogP contribution in [-0.2, 0) is 16.1 Å². The molecule has 5 nitrogen and oxygen atoms in total. The van der Waals surface area contributed by atoms with Crippen molar-refractivity contribution >= 4 is 11.8 Å². The maximum Gasteiger partial charge on any atom is 0.311 e. The summed E-state index contributed by atoms with van der Waals surface area (Å²) in [5, 5.41) is 2.63. The highest BCUT2D eigenvalue weighted by atomic mass is 16.2. The molecular weight excluding hydrogens is 254 g/mol. The summed E-state index contributed by atoms with van der Waals surface area (Å²) in [6.45, 7) is 5.84. The number of pyridine rings is 1. The summed E-state index contributed by atoms with van der Waals surface area (Å²) in [6.07, 6.45) is 2.77. The number of nitrogens with zero attached hydrogens (tertiary/aromatic N) is 2. The molecule has 0 aliphatic carbocycles. The van der Waals surface area contributed by atoms with Gasteiger partial charge < -0.3 is 10.2 Å². The molecule has 0 bridgehead atoms. The first kappa shape index (κ1) is 14.5. The fourth-order valence-electron chi connectivity index (χ4n) is 2.72. The number of aromatic nitrogens is 1. The molecular formula is C15H21N3O2. The molecule has 2 rings (SSSR count). The van der Waals surface area contributed by atoms with Gasteiger partial charge in [-0.3, -0.25) is 14.6 Å². The van der Waals surface area contributed by atoms with E-state index in [1.807, 2.05) is 18.2 Å². The summed E-state index contributed by atoms with van der Waals surface area (Å²) >= 11 is 0. The van der Waals surface area contributed by atoms with Gasteiger partial charge in [-0.25, -0.2) is 0 Å². The Balaban J connectivity index is 1.87. The first-order valence-corrected chi connectivity index (χ1v) is 7.03. The van der Waals surface area contributed by atoms with Crippen molar-refractivity contribution in [2.45, 2.75) is 26.8 Å². The van der Waals surface area contributed by atoms with Gasteiger partial charge in [-0.2, -0.15) is 0 Å². The standard InChI is InChI=1S/C15H21N3O2/c1-11-7-12(2)10-18(9-11)15(20)14(19)17-8-13-5-3-4-6-16-13/h3-6,11-12H,7-10H2,1-2H3,(H,17,19). The molecule has 5 heteroatoms. The fourth-order valence-corrected chi connectivity index (χ4v) is 2.72. The van der Waals surface area contributed by atoms with Crippen molar-refractivity contribution in [3.8, 4) is 0 Å². The Bertz CT molecular complexity index is 465. The molecule has 2 atom stereocenters. The van der Waals surface area contributed by atoms with Gasteiger partial charge in [0.05, 0.1) is 12.2 Å². The summed E-state index contributed by atoms with van der Waals surface area (Å²) in [7, 11) is 0. The van der Waals surface area contributed by atoms with Crippen molar-refractivity contribution in [1.82, 2.24) is 15.2 Å². The molecule has 20 heavy (non-hydrogen) atoms. The number of hydrogen-bond donors (Lipinski definition) is 1. The molecule has 2 heterocycles. The molecule has 1 aromatic rings. The van der Waals surface area contributed by atoms with Crippen molar-refractivity contribution in [3.63, 3.8) is 0 Å². The van der Waals surface area contributed by atoms with Crippen LogP contribution in [0, 0.1) is 11.8 Å². The summed E-state index contributed by atoms with van der Waals surface area (Å²) in [5.41, 5.74) is 0.744. The molecule has 1 N–H and O–H groups in total. The number of piperidine rings is 1. The van der Waals surface area contributed by atoms with E-state index >= 15 is 0 Å². The second kappa shape index (κ2) is 6.50. The van der Waals surface area contributed by atoms with E-state index in [-0.39, 0.29) is 6.54 Å². The number of nitrogens with one attached hydrogen (secondary N) is 1. The molecule has 0 spiro atoms. The van der Waals surface area contributed by atoms with Gasteiger partial charge in [0, 0.05) is 19.3 Å². The van der Waals surface area contributed by atoms with E-state index in [1.165, 1.54) is 0 Å². The number of carbonyl (C=O) groups is 2. The van der Waals surface area contributed by atoms with Crippen molar-refractivity contribution in [3.05, 3.63) is 30.1 Å². The number of carbonyl (C=O) groups excluding carboxylic acids is 2. The Kier molecular flexibility index (Phi) is 4.71. The molecule has 1 aromatic heterocycles. The quantitative estimate of drug-likeness (QED) is 0.825. The van der Waals surface area contributed by atoms with Gasteiger partial charge in [0.1, 0.15) is 0 Å². The van der Waals surface area contributed by atoms with Crippen LogP contribution in [0.3, 0.4) is 0 Å². The average molecular weight is 275 g/mol. The largest absolute Gasteiger partial charge is 0.342 e. The smallest absolute Gasteiger partial charge is 0.311 e. The molecule has 108 valence electrons. The van der Waals surface area contributed by atoms with Crippen molar-refractivity contribution in [2.24, 2.45) is 11.8 Å². The maximum absolute atomic E-state index is 12.1. The molecule has 0 aromatic carbocycles. The highest BCUT2D eigenvalue weighted by molar-refractivity contribution is 6.34. The van der Waals surface area contributed by atoms with Gasteiger partial charge in [0.15, 0.2) is 0 Å². The summed E-state index contributed by atoms with van der Waals surface area (Å²) in [5.74, 6) is -0.0751. The number of likely N-dealkylation sites (tertiary alicyclic amines) is 1. The van der Waals surface area contributed by atoms with Crippen LogP contribution in [0.25, 0.3) is 0 Å². The lowest BCUT2D eigenvalue weighted by atomic mass is 9.92. The predicted molar refractivity (Wildman–Crippen MR) is 75.6 cm³/mol. The number of amides is 2. The van der Waals surface area contributed by atoms with Crippen molar-refractivity contribution in [1.29, 1.82) is 0 Å². The second-order valence-electron chi connectivity index (χ2n) is 5.66. The Morgan fingerprint density at radius 1 is 1.30 bits per heavy atom. The van der Waals surface area contributed by atoms with E-state index in [1.54, 1.807) is 11.1 Å². The van der Waals surface area contributed by atoms with Gasteiger partial charge in [-0.05, 0) is 30.4 Å². The molecule has 1 aliphatic heterocycles. The van der Waals surface area contributed by atoms with E-state index in [2.05, 4.69) is 24.1 Å². The summed E-state index contributed by atoms with van der Waals surface area (Å²) in [4.78, 5) is 29.8. The highest BCUT2D eigenvalue weighted by Gasteiger charge is 2.28. The van der Waals surface area contributed by atoms with Crippen LogP contribution in [-0.4, -0.2) is 34.8 Å². The second-order valence-corrected chi connectivity index (χ2v) is 5.66.